The summed E-state index contributed by atoms with van der Waals surface area (Å²) in [5.74, 6) is 0.977. The van der Waals surface area contributed by atoms with Gasteiger partial charge in [0, 0.05) is 20.0 Å². The minimum Gasteiger partial charge on any atom is -0.497 e. The van der Waals surface area contributed by atoms with Crippen LogP contribution in [-0.2, 0) is 11.3 Å². The van der Waals surface area contributed by atoms with Gasteiger partial charge in [-0.1, -0.05) is 12.1 Å². The van der Waals surface area contributed by atoms with Crippen molar-refractivity contribution >= 4 is 5.91 Å². The number of carbonyl (C=O) groups excluding carboxylic acids is 1. The maximum Gasteiger partial charge on any atom is 0.219 e. The molecule has 1 aromatic rings. The van der Waals surface area contributed by atoms with E-state index < -0.39 is 5.54 Å². The average Bonchev–Trinajstić information content (AvgIpc) is 2.91. The first kappa shape index (κ1) is 18.2. The summed E-state index contributed by atoms with van der Waals surface area (Å²) >= 11 is 0. The van der Waals surface area contributed by atoms with E-state index >= 15 is 0 Å². The number of ether oxygens (including phenoxy) is 1. The summed E-state index contributed by atoms with van der Waals surface area (Å²) in [5, 5.41) is 9.84. The zero-order valence-corrected chi connectivity index (χ0v) is 15.6. The highest BCUT2D eigenvalue weighted by Crippen LogP contribution is 2.48. The van der Waals surface area contributed by atoms with Crippen molar-refractivity contribution in [3.63, 3.8) is 0 Å². The van der Waals surface area contributed by atoms with Crippen LogP contribution in [0.4, 0.5) is 0 Å². The van der Waals surface area contributed by atoms with Gasteiger partial charge in [0.25, 0.3) is 0 Å². The summed E-state index contributed by atoms with van der Waals surface area (Å²) in [4.78, 5) is 16.4. The van der Waals surface area contributed by atoms with Gasteiger partial charge < -0.3 is 14.7 Å². The van der Waals surface area contributed by atoms with Crippen molar-refractivity contribution in [1.29, 1.82) is 0 Å². The van der Waals surface area contributed by atoms with Crippen LogP contribution < -0.4 is 4.74 Å². The molecule has 0 bridgehead atoms. The summed E-state index contributed by atoms with van der Waals surface area (Å²) in [6, 6.07) is 8.25. The fourth-order valence-corrected chi connectivity index (χ4v) is 4.67. The summed E-state index contributed by atoms with van der Waals surface area (Å²) in [6.45, 7) is 7.46. The SMILES string of the molecule is COc1cccc(CN2CCC3(CC2)CN(C(C)=O)[C@@](C)(CO)C3)c1. The molecule has 2 heterocycles. The molecule has 1 aromatic carbocycles. The van der Waals surface area contributed by atoms with E-state index in [9.17, 15) is 9.90 Å². The molecule has 0 saturated carbocycles. The third kappa shape index (κ3) is 3.67. The number of rotatable bonds is 4. The predicted molar refractivity (Wildman–Crippen MR) is 97.4 cm³/mol. The topological polar surface area (TPSA) is 53.0 Å². The molecule has 0 aliphatic carbocycles. The van der Waals surface area contributed by atoms with Gasteiger partial charge in [-0.05, 0) is 62.4 Å². The maximum atomic E-state index is 12.0. The van der Waals surface area contributed by atoms with E-state index in [0.29, 0.717) is 0 Å². The maximum absolute atomic E-state index is 12.0. The second-order valence-corrected chi connectivity index (χ2v) is 8.06. The van der Waals surface area contributed by atoms with E-state index in [0.717, 1.165) is 51.2 Å². The highest BCUT2D eigenvalue weighted by Gasteiger charge is 2.52. The van der Waals surface area contributed by atoms with Crippen LogP contribution in [0.2, 0.25) is 0 Å². The van der Waals surface area contributed by atoms with E-state index in [1.807, 2.05) is 24.0 Å². The Morgan fingerprint density at radius 3 is 2.60 bits per heavy atom. The summed E-state index contributed by atoms with van der Waals surface area (Å²) in [5.41, 5.74) is 1.03. The Hall–Kier alpha value is -1.59. The standard InChI is InChI=1S/C20H30N2O3/c1-16(24)22-14-20(13-19(22,2)15-23)7-9-21(10-8-20)12-17-5-4-6-18(11-17)25-3/h4-6,11,23H,7-10,12-15H2,1-3H3/t19-/m1/s1. The lowest BCUT2D eigenvalue weighted by atomic mass is 9.74. The van der Waals surface area contributed by atoms with Crippen LogP contribution in [0.5, 0.6) is 5.75 Å². The molecule has 1 N–H and O–H groups in total. The minimum absolute atomic E-state index is 0.0435. The highest BCUT2D eigenvalue weighted by molar-refractivity contribution is 5.74. The molecule has 0 radical (unpaired) electrons. The minimum atomic E-state index is -0.402. The summed E-state index contributed by atoms with van der Waals surface area (Å²) in [6.07, 6.45) is 3.07. The lowest BCUT2D eigenvalue weighted by Crippen LogP contribution is -2.46. The van der Waals surface area contributed by atoms with Crippen LogP contribution in [0, 0.1) is 5.41 Å². The van der Waals surface area contributed by atoms with Crippen LogP contribution in [-0.4, -0.2) is 59.7 Å². The lowest BCUT2D eigenvalue weighted by molar-refractivity contribution is -0.134. The summed E-state index contributed by atoms with van der Waals surface area (Å²) < 4.78 is 5.31. The van der Waals surface area contributed by atoms with Crippen LogP contribution >= 0.6 is 0 Å². The molecule has 2 aliphatic heterocycles. The largest absolute Gasteiger partial charge is 0.497 e. The van der Waals surface area contributed by atoms with Crippen LogP contribution in [0.1, 0.15) is 38.7 Å². The smallest absolute Gasteiger partial charge is 0.219 e. The fraction of sp³-hybridized carbons (Fsp3) is 0.650. The number of hydrogen-bond acceptors (Lipinski definition) is 4. The zero-order valence-electron chi connectivity index (χ0n) is 15.6. The highest BCUT2D eigenvalue weighted by atomic mass is 16.5. The van der Waals surface area contributed by atoms with Crippen molar-refractivity contribution in [2.45, 2.75) is 45.2 Å². The normalized spacial score (nSPS) is 26.2. The number of methoxy groups -OCH3 is 1. The Bertz CT molecular complexity index is 625. The first-order valence-corrected chi connectivity index (χ1v) is 9.14. The molecule has 2 aliphatic rings. The lowest BCUT2D eigenvalue weighted by Gasteiger charge is -2.39. The second kappa shape index (κ2) is 6.96. The molecular formula is C20H30N2O3. The molecule has 2 saturated heterocycles. The van der Waals surface area contributed by atoms with E-state index in [1.165, 1.54) is 5.56 Å². The van der Waals surface area contributed by atoms with Gasteiger partial charge in [0.1, 0.15) is 5.75 Å². The van der Waals surface area contributed by atoms with E-state index in [-0.39, 0.29) is 17.9 Å². The van der Waals surface area contributed by atoms with E-state index in [2.05, 4.69) is 17.0 Å². The monoisotopic (exact) mass is 346 g/mol. The van der Waals surface area contributed by atoms with Gasteiger partial charge in [0.05, 0.1) is 19.3 Å². The Kier molecular flexibility index (Phi) is 5.07. The third-order valence-electron chi connectivity index (χ3n) is 6.08. The van der Waals surface area contributed by atoms with Gasteiger partial charge in [-0.3, -0.25) is 9.69 Å². The molecule has 5 nitrogen and oxygen atoms in total. The Morgan fingerprint density at radius 2 is 2.04 bits per heavy atom. The first-order chi connectivity index (χ1) is 11.9. The molecule has 25 heavy (non-hydrogen) atoms. The van der Waals surface area contributed by atoms with Crippen molar-refractivity contribution in [2.75, 3.05) is 33.4 Å². The van der Waals surface area contributed by atoms with Crippen LogP contribution in [0.15, 0.2) is 24.3 Å². The number of carbonyl (C=O) groups is 1. The molecule has 1 amide bonds. The number of likely N-dealkylation sites (tertiary alicyclic amines) is 2. The number of nitrogens with zero attached hydrogens (tertiary/aromatic N) is 2. The van der Waals surface area contributed by atoms with Gasteiger partial charge in [-0.2, -0.15) is 0 Å². The Labute approximate surface area is 150 Å². The number of hydrogen-bond donors (Lipinski definition) is 1. The van der Waals surface area contributed by atoms with Gasteiger partial charge in [0.15, 0.2) is 0 Å². The Balaban J connectivity index is 1.62. The van der Waals surface area contributed by atoms with Crippen molar-refractivity contribution in [3.05, 3.63) is 29.8 Å². The van der Waals surface area contributed by atoms with Crippen LogP contribution in [0.3, 0.4) is 0 Å². The Morgan fingerprint density at radius 1 is 1.32 bits per heavy atom. The van der Waals surface area contributed by atoms with Gasteiger partial charge in [0.2, 0.25) is 5.91 Å². The molecule has 2 fully saturated rings. The molecule has 3 rings (SSSR count). The van der Waals surface area contributed by atoms with Crippen molar-refractivity contribution in [2.24, 2.45) is 5.41 Å². The molecule has 1 spiro atoms. The second-order valence-electron chi connectivity index (χ2n) is 8.06. The van der Waals surface area contributed by atoms with Crippen molar-refractivity contribution in [1.82, 2.24) is 9.80 Å². The molecule has 5 heteroatoms. The van der Waals surface area contributed by atoms with E-state index in [4.69, 9.17) is 4.74 Å². The third-order valence-corrected chi connectivity index (χ3v) is 6.08. The number of amides is 1. The number of benzene rings is 1. The predicted octanol–water partition coefficient (Wildman–Crippen LogP) is 2.28. The quantitative estimate of drug-likeness (QED) is 0.909. The average molecular weight is 346 g/mol. The number of aliphatic hydroxyl groups excluding tert-OH is 1. The van der Waals surface area contributed by atoms with Crippen LogP contribution in [0.25, 0.3) is 0 Å². The van der Waals surface area contributed by atoms with Gasteiger partial charge in [-0.15, -0.1) is 0 Å². The first-order valence-electron chi connectivity index (χ1n) is 9.14. The van der Waals surface area contributed by atoms with E-state index in [1.54, 1.807) is 14.0 Å². The number of aliphatic hydroxyl groups is 1. The molecule has 138 valence electrons. The fourth-order valence-electron chi connectivity index (χ4n) is 4.67. The van der Waals surface area contributed by atoms with Gasteiger partial charge >= 0.3 is 0 Å². The zero-order chi connectivity index (χ0) is 18.1. The van der Waals surface area contributed by atoms with Crippen molar-refractivity contribution < 1.29 is 14.6 Å². The van der Waals surface area contributed by atoms with Crippen molar-refractivity contribution in [3.8, 4) is 5.75 Å². The number of piperidine rings is 1. The molecule has 1 atom stereocenters. The molecule has 0 unspecified atom stereocenters. The molecular weight excluding hydrogens is 316 g/mol. The van der Waals surface area contributed by atoms with Gasteiger partial charge in [-0.25, -0.2) is 0 Å². The molecule has 0 aromatic heterocycles. The summed E-state index contributed by atoms with van der Waals surface area (Å²) in [7, 11) is 1.70.